The van der Waals surface area contributed by atoms with Crippen molar-refractivity contribution in [3.8, 4) is 0 Å². The molecule has 2 heteroatoms. The molecule has 122 valence electrons. The zero-order valence-corrected chi connectivity index (χ0v) is 13.9. The molecule has 0 radical (unpaired) electrons. The third-order valence-electron chi connectivity index (χ3n) is 3.57. The second-order valence-electron chi connectivity index (χ2n) is 5.60. The lowest BCUT2D eigenvalue weighted by Crippen LogP contribution is -2.01. The maximum atomic E-state index is 10.8. The number of allylic oxidation sites excluding steroid dienone is 2. The minimum atomic E-state index is -0.315. The van der Waals surface area contributed by atoms with E-state index in [1.807, 2.05) is 0 Å². The van der Waals surface area contributed by atoms with Crippen LogP contribution >= 0.6 is 0 Å². The van der Waals surface area contributed by atoms with E-state index in [1.165, 1.54) is 63.9 Å². The van der Waals surface area contributed by atoms with Crippen molar-refractivity contribution in [3.05, 3.63) is 24.8 Å². The van der Waals surface area contributed by atoms with Crippen LogP contribution in [-0.2, 0) is 9.53 Å². The summed E-state index contributed by atoms with van der Waals surface area (Å²) in [4.78, 5) is 10.8. The van der Waals surface area contributed by atoms with E-state index in [-0.39, 0.29) is 5.97 Å². The number of esters is 1. The van der Waals surface area contributed by atoms with Crippen LogP contribution in [-0.4, -0.2) is 12.6 Å². The molecule has 0 spiro atoms. The SMILES string of the molecule is C=CC(=O)OCCCCC/C=C/CCCCCCCCC. The standard InChI is InChI=1S/C19H34O2/c1-3-5-6-7-8-9-10-11-12-13-14-15-16-17-18-21-19(20)4-2/h4,12-13H,2-3,5-11,14-18H2,1H3/b13-12+. The second-order valence-corrected chi connectivity index (χ2v) is 5.60. The molecule has 0 saturated heterocycles. The number of hydrogen-bond acceptors (Lipinski definition) is 2. The second kappa shape index (κ2) is 17.0. The van der Waals surface area contributed by atoms with Crippen LogP contribution in [0.3, 0.4) is 0 Å². The minimum absolute atomic E-state index is 0.315. The third kappa shape index (κ3) is 16.9. The summed E-state index contributed by atoms with van der Waals surface area (Å²) in [5, 5.41) is 0. The van der Waals surface area contributed by atoms with Gasteiger partial charge in [0.05, 0.1) is 6.61 Å². The summed E-state index contributed by atoms with van der Waals surface area (Å²) in [6, 6.07) is 0. The lowest BCUT2D eigenvalue weighted by molar-refractivity contribution is -0.137. The predicted octanol–water partition coefficient (Wildman–Crippen LogP) is 5.97. The van der Waals surface area contributed by atoms with Crippen molar-refractivity contribution >= 4 is 5.97 Å². The van der Waals surface area contributed by atoms with Crippen LogP contribution in [0, 0.1) is 0 Å². The van der Waals surface area contributed by atoms with Crippen molar-refractivity contribution in [1.82, 2.24) is 0 Å². The molecule has 0 heterocycles. The maximum Gasteiger partial charge on any atom is 0.330 e. The number of carbonyl (C=O) groups excluding carboxylic acids is 1. The van der Waals surface area contributed by atoms with Crippen LogP contribution in [0.1, 0.15) is 84.0 Å². The van der Waals surface area contributed by atoms with Crippen molar-refractivity contribution < 1.29 is 9.53 Å². The predicted molar refractivity (Wildman–Crippen MR) is 91.4 cm³/mol. The van der Waals surface area contributed by atoms with Gasteiger partial charge in [0.1, 0.15) is 0 Å². The van der Waals surface area contributed by atoms with E-state index >= 15 is 0 Å². The Bertz CT molecular complexity index is 269. The van der Waals surface area contributed by atoms with E-state index in [1.54, 1.807) is 0 Å². The van der Waals surface area contributed by atoms with Crippen LogP contribution in [0.4, 0.5) is 0 Å². The molecule has 0 rings (SSSR count). The van der Waals surface area contributed by atoms with Crippen LogP contribution in [0.25, 0.3) is 0 Å². The fraction of sp³-hybridized carbons (Fsp3) is 0.737. The first-order valence-electron chi connectivity index (χ1n) is 8.75. The molecule has 0 aliphatic carbocycles. The molecule has 0 bridgehead atoms. The molecule has 2 nitrogen and oxygen atoms in total. The fourth-order valence-corrected chi connectivity index (χ4v) is 2.23. The summed E-state index contributed by atoms with van der Waals surface area (Å²) in [5.74, 6) is -0.315. The van der Waals surface area contributed by atoms with Crippen molar-refractivity contribution in [2.45, 2.75) is 84.0 Å². The molecule has 0 amide bonds. The molecule has 0 aromatic carbocycles. The van der Waals surface area contributed by atoms with E-state index in [4.69, 9.17) is 4.74 Å². The molecule has 0 aliphatic rings. The van der Waals surface area contributed by atoms with Gasteiger partial charge in [0.2, 0.25) is 0 Å². The lowest BCUT2D eigenvalue weighted by Gasteiger charge is -2.01. The quantitative estimate of drug-likeness (QED) is 0.161. The van der Waals surface area contributed by atoms with Gasteiger partial charge in [-0.2, -0.15) is 0 Å². The van der Waals surface area contributed by atoms with Crippen LogP contribution < -0.4 is 0 Å². The van der Waals surface area contributed by atoms with Gasteiger partial charge in [-0.05, 0) is 38.5 Å². The molecule has 21 heavy (non-hydrogen) atoms. The molecule has 0 aromatic heterocycles. The first-order chi connectivity index (χ1) is 10.3. The molecule has 0 N–H and O–H groups in total. The van der Waals surface area contributed by atoms with Gasteiger partial charge in [-0.3, -0.25) is 0 Å². The normalized spacial score (nSPS) is 10.9. The highest BCUT2D eigenvalue weighted by atomic mass is 16.5. The highest BCUT2D eigenvalue weighted by Crippen LogP contribution is 2.09. The number of rotatable bonds is 15. The third-order valence-corrected chi connectivity index (χ3v) is 3.57. The lowest BCUT2D eigenvalue weighted by atomic mass is 10.1. The molecule has 0 aromatic rings. The summed E-state index contributed by atoms with van der Waals surface area (Å²) in [6.07, 6.45) is 21.1. The van der Waals surface area contributed by atoms with Crippen LogP contribution in [0.5, 0.6) is 0 Å². The minimum Gasteiger partial charge on any atom is -0.463 e. The Labute approximate surface area is 131 Å². The Morgan fingerprint density at radius 3 is 1.95 bits per heavy atom. The van der Waals surface area contributed by atoms with E-state index in [9.17, 15) is 4.79 Å². The largest absolute Gasteiger partial charge is 0.463 e. The first kappa shape index (κ1) is 19.9. The van der Waals surface area contributed by atoms with E-state index < -0.39 is 0 Å². The van der Waals surface area contributed by atoms with Gasteiger partial charge in [0.25, 0.3) is 0 Å². The highest BCUT2D eigenvalue weighted by Gasteiger charge is 1.94. The van der Waals surface area contributed by atoms with E-state index in [0.29, 0.717) is 6.61 Å². The van der Waals surface area contributed by atoms with Gasteiger partial charge in [0.15, 0.2) is 0 Å². The van der Waals surface area contributed by atoms with Gasteiger partial charge >= 0.3 is 5.97 Å². The van der Waals surface area contributed by atoms with E-state index in [0.717, 1.165) is 19.3 Å². The molecule has 0 aliphatic heterocycles. The Balaban J connectivity index is 3.12. The topological polar surface area (TPSA) is 26.3 Å². The molecule has 0 unspecified atom stereocenters. The zero-order chi connectivity index (χ0) is 15.6. The van der Waals surface area contributed by atoms with Crippen molar-refractivity contribution in [2.24, 2.45) is 0 Å². The fourth-order valence-electron chi connectivity index (χ4n) is 2.23. The highest BCUT2D eigenvalue weighted by molar-refractivity contribution is 5.81. The summed E-state index contributed by atoms with van der Waals surface area (Å²) >= 11 is 0. The molecule has 0 atom stereocenters. The smallest absolute Gasteiger partial charge is 0.330 e. The monoisotopic (exact) mass is 294 g/mol. The van der Waals surface area contributed by atoms with E-state index in [2.05, 4.69) is 25.7 Å². The average molecular weight is 294 g/mol. The van der Waals surface area contributed by atoms with Gasteiger partial charge in [0, 0.05) is 6.08 Å². The first-order valence-corrected chi connectivity index (χ1v) is 8.75. The molecule has 0 fully saturated rings. The van der Waals surface area contributed by atoms with Gasteiger partial charge in [-0.15, -0.1) is 0 Å². The Kier molecular flexibility index (Phi) is 16.2. The number of unbranched alkanes of at least 4 members (excludes halogenated alkanes) is 10. The molecular formula is C19H34O2. The van der Waals surface area contributed by atoms with Crippen molar-refractivity contribution in [2.75, 3.05) is 6.61 Å². The summed E-state index contributed by atoms with van der Waals surface area (Å²) in [6.45, 7) is 6.15. The van der Waals surface area contributed by atoms with Gasteiger partial charge in [-0.1, -0.05) is 64.2 Å². The summed E-state index contributed by atoms with van der Waals surface area (Å²) < 4.78 is 4.92. The Morgan fingerprint density at radius 2 is 1.38 bits per heavy atom. The van der Waals surface area contributed by atoms with Gasteiger partial charge in [-0.25, -0.2) is 4.79 Å². The summed E-state index contributed by atoms with van der Waals surface area (Å²) in [7, 11) is 0. The number of carbonyl (C=O) groups is 1. The van der Waals surface area contributed by atoms with Crippen molar-refractivity contribution in [3.63, 3.8) is 0 Å². The molecular weight excluding hydrogens is 260 g/mol. The van der Waals surface area contributed by atoms with Crippen molar-refractivity contribution in [1.29, 1.82) is 0 Å². The Hall–Kier alpha value is -1.05. The zero-order valence-electron chi connectivity index (χ0n) is 13.9. The van der Waals surface area contributed by atoms with Crippen LogP contribution in [0.15, 0.2) is 24.8 Å². The number of hydrogen-bond donors (Lipinski definition) is 0. The van der Waals surface area contributed by atoms with Crippen LogP contribution in [0.2, 0.25) is 0 Å². The maximum absolute atomic E-state index is 10.8. The molecule has 0 saturated carbocycles. The summed E-state index contributed by atoms with van der Waals surface area (Å²) in [5.41, 5.74) is 0. The van der Waals surface area contributed by atoms with Gasteiger partial charge < -0.3 is 4.74 Å². The average Bonchev–Trinajstić information content (AvgIpc) is 2.50. The number of ether oxygens (including phenoxy) is 1. The Morgan fingerprint density at radius 1 is 0.857 bits per heavy atom.